The van der Waals surface area contributed by atoms with Crippen LogP contribution in [0.5, 0.6) is 0 Å². The highest BCUT2D eigenvalue weighted by Gasteiger charge is 2.42. The minimum absolute atomic E-state index is 0.0487. The van der Waals surface area contributed by atoms with Crippen molar-refractivity contribution in [3.05, 3.63) is 0 Å². The van der Waals surface area contributed by atoms with Crippen LogP contribution in [0.2, 0.25) is 0 Å². The Kier molecular flexibility index (Phi) is 5.79. The van der Waals surface area contributed by atoms with Gasteiger partial charge in [-0.15, -0.1) is 0 Å². The zero-order valence-electron chi connectivity index (χ0n) is 12.2. The summed E-state index contributed by atoms with van der Waals surface area (Å²) < 4.78 is 4.78. The van der Waals surface area contributed by atoms with Crippen LogP contribution in [0.3, 0.4) is 0 Å². The molecule has 5 nitrogen and oxygen atoms in total. The van der Waals surface area contributed by atoms with E-state index in [1.165, 1.54) is 7.11 Å². The molecule has 0 spiro atoms. The quantitative estimate of drug-likeness (QED) is 0.711. The van der Waals surface area contributed by atoms with E-state index in [1.807, 2.05) is 13.8 Å². The molecule has 5 heteroatoms. The number of nitrogens with two attached hydrogens (primary N) is 1. The Hall–Kier alpha value is -1.10. The van der Waals surface area contributed by atoms with Gasteiger partial charge in [0.05, 0.1) is 12.5 Å². The maximum atomic E-state index is 12.5. The largest absolute Gasteiger partial charge is 0.467 e. The Morgan fingerprint density at radius 3 is 2.37 bits per heavy atom. The van der Waals surface area contributed by atoms with Crippen LogP contribution in [-0.2, 0) is 14.3 Å². The van der Waals surface area contributed by atoms with Crippen LogP contribution in [0.1, 0.15) is 46.0 Å². The second-order valence-electron chi connectivity index (χ2n) is 5.55. The van der Waals surface area contributed by atoms with Crippen molar-refractivity contribution in [2.24, 2.45) is 17.1 Å². The van der Waals surface area contributed by atoms with Crippen molar-refractivity contribution in [1.29, 1.82) is 0 Å². The number of amides is 1. The third-order valence-electron chi connectivity index (χ3n) is 4.39. The van der Waals surface area contributed by atoms with Crippen LogP contribution >= 0.6 is 0 Å². The maximum Gasteiger partial charge on any atom is 0.328 e. The number of rotatable bonds is 6. The summed E-state index contributed by atoms with van der Waals surface area (Å²) in [4.78, 5) is 24.2. The first-order chi connectivity index (χ1) is 9.00. The SMILES string of the molecule is CCC(C)C(NC(=O)C1(CN)CCCC1)C(=O)OC. The molecule has 1 aliphatic rings. The molecule has 0 saturated heterocycles. The number of carbonyl (C=O) groups excluding carboxylic acids is 2. The lowest BCUT2D eigenvalue weighted by molar-refractivity contribution is -0.148. The predicted molar refractivity (Wildman–Crippen MR) is 73.4 cm³/mol. The van der Waals surface area contributed by atoms with E-state index in [1.54, 1.807) is 0 Å². The fourth-order valence-corrected chi connectivity index (χ4v) is 2.67. The molecule has 1 fully saturated rings. The minimum Gasteiger partial charge on any atom is -0.467 e. The molecule has 0 aliphatic heterocycles. The molecule has 3 N–H and O–H groups in total. The lowest BCUT2D eigenvalue weighted by atomic mass is 9.84. The highest BCUT2D eigenvalue weighted by atomic mass is 16.5. The zero-order valence-corrected chi connectivity index (χ0v) is 12.2. The zero-order chi connectivity index (χ0) is 14.5. The number of carbonyl (C=O) groups is 2. The summed E-state index contributed by atoms with van der Waals surface area (Å²) in [5.74, 6) is -0.427. The molecule has 1 aliphatic carbocycles. The summed E-state index contributed by atoms with van der Waals surface area (Å²) in [5.41, 5.74) is 5.30. The first-order valence-electron chi connectivity index (χ1n) is 7.09. The minimum atomic E-state index is -0.577. The van der Waals surface area contributed by atoms with E-state index < -0.39 is 11.5 Å². The van der Waals surface area contributed by atoms with Crippen molar-refractivity contribution in [3.8, 4) is 0 Å². The number of methoxy groups -OCH3 is 1. The van der Waals surface area contributed by atoms with Gasteiger partial charge in [0.2, 0.25) is 5.91 Å². The van der Waals surface area contributed by atoms with Gasteiger partial charge < -0.3 is 15.8 Å². The lowest BCUT2D eigenvalue weighted by Gasteiger charge is -2.30. The smallest absolute Gasteiger partial charge is 0.328 e. The van der Waals surface area contributed by atoms with E-state index in [0.717, 1.165) is 32.1 Å². The van der Waals surface area contributed by atoms with E-state index in [-0.39, 0.29) is 17.8 Å². The average molecular weight is 270 g/mol. The molecule has 2 atom stereocenters. The molecule has 2 unspecified atom stereocenters. The topological polar surface area (TPSA) is 81.4 Å². The van der Waals surface area contributed by atoms with Gasteiger partial charge in [-0.05, 0) is 18.8 Å². The van der Waals surface area contributed by atoms with Crippen molar-refractivity contribution in [3.63, 3.8) is 0 Å². The Labute approximate surface area is 115 Å². The highest BCUT2D eigenvalue weighted by Crippen LogP contribution is 2.37. The monoisotopic (exact) mass is 270 g/mol. The van der Waals surface area contributed by atoms with Crippen molar-refractivity contribution in [2.75, 3.05) is 13.7 Å². The lowest BCUT2D eigenvalue weighted by Crippen LogP contribution is -2.52. The standard InChI is InChI=1S/C14H26N2O3/c1-4-10(2)11(12(17)19-3)16-13(18)14(9-15)7-5-6-8-14/h10-11H,4-9,15H2,1-3H3,(H,16,18). The van der Waals surface area contributed by atoms with Crippen LogP contribution in [-0.4, -0.2) is 31.6 Å². The Bertz CT molecular complexity index is 325. The van der Waals surface area contributed by atoms with Crippen molar-refractivity contribution in [2.45, 2.75) is 52.0 Å². The van der Waals surface area contributed by atoms with Gasteiger partial charge in [0.15, 0.2) is 0 Å². The van der Waals surface area contributed by atoms with Crippen LogP contribution in [0, 0.1) is 11.3 Å². The molecule has 1 saturated carbocycles. The molecule has 1 rings (SSSR count). The second kappa shape index (κ2) is 6.89. The molecule has 110 valence electrons. The van der Waals surface area contributed by atoms with Gasteiger partial charge in [-0.1, -0.05) is 33.1 Å². The number of nitrogens with one attached hydrogen (secondary N) is 1. The van der Waals surface area contributed by atoms with Gasteiger partial charge in [-0.25, -0.2) is 4.79 Å². The van der Waals surface area contributed by atoms with Gasteiger partial charge in [-0.2, -0.15) is 0 Å². The fourth-order valence-electron chi connectivity index (χ4n) is 2.67. The van der Waals surface area contributed by atoms with Crippen molar-refractivity contribution < 1.29 is 14.3 Å². The third kappa shape index (κ3) is 3.47. The summed E-state index contributed by atoms with van der Waals surface area (Å²) >= 11 is 0. The summed E-state index contributed by atoms with van der Waals surface area (Å²) in [7, 11) is 1.35. The fraction of sp³-hybridized carbons (Fsp3) is 0.857. The highest BCUT2D eigenvalue weighted by molar-refractivity contribution is 5.88. The molecule has 1 amide bonds. The third-order valence-corrected chi connectivity index (χ3v) is 4.39. The number of ether oxygens (including phenoxy) is 1. The van der Waals surface area contributed by atoms with Crippen molar-refractivity contribution >= 4 is 11.9 Å². The Morgan fingerprint density at radius 1 is 1.37 bits per heavy atom. The predicted octanol–water partition coefficient (Wildman–Crippen LogP) is 1.21. The van der Waals surface area contributed by atoms with Gasteiger partial charge in [0.1, 0.15) is 6.04 Å². The van der Waals surface area contributed by atoms with Gasteiger partial charge in [0, 0.05) is 6.54 Å². The Balaban J connectivity index is 2.78. The molecule has 0 aromatic rings. The van der Waals surface area contributed by atoms with E-state index >= 15 is 0 Å². The van der Waals surface area contributed by atoms with E-state index in [0.29, 0.717) is 6.54 Å². The Morgan fingerprint density at radius 2 is 1.95 bits per heavy atom. The molecule has 19 heavy (non-hydrogen) atoms. The molecule has 0 heterocycles. The molecule has 0 radical (unpaired) electrons. The number of esters is 1. The van der Waals surface area contributed by atoms with Crippen LogP contribution < -0.4 is 11.1 Å². The van der Waals surface area contributed by atoms with E-state index in [2.05, 4.69) is 5.32 Å². The number of hydrogen-bond acceptors (Lipinski definition) is 4. The average Bonchev–Trinajstić information content (AvgIpc) is 2.92. The second-order valence-corrected chi connectivity index (χ2v) is 5.55. The van der Waals surface area contributed by atoms with Crippen LogP contribution in [0.4, 0.5) is 0 Å². The van der Waals surface area contributed by atoms with Gasteiger partial charge >= 0.3 is 5.97 Å². The summed E-state index contributed by atoms with van der Waals surface area (Å²) in [6.45, 7) is 4.26. The van der Waals surface area contributed by atoms with E-state index in [9.17, 15) is 9.59 Å². The molecular weight excluding hydrogens is 244 g/mol. The van der Waals surface area contributed by atoms with Crippen LogP contribution in [0.25, 0.3) is 0 Å². The summed E-state index contributed by atoms with van der Waals surface area (Å²) in [6, 6.07) is -0.577. The molecule has 0 aromatic heterocycles. The molecule has 0 aromatic carbocycles. The van der Waals surface area contributed by atoms with Crippen LogP contribution in [0.15, 0.2) is 0 Å². The summed E-state index contributed by atoms with van der Waals surface area (Å²) in [5, 5.41) is 2.86. The first-order valence-corrected chi connectivity index (χ1v) is 7.09. The van der Waals surface area contributed by atoms with Gasteiger partial charge in [-0.3, -0.25) is 4.79 Å². The molecular formula is C14H26N2O3. The maximum absolute atomic E-state index is 12.5. The van der Waals surface area contributed by atoms with Gasteiger partial charge in [0.25, 0.3) is 0 Å². The van der Waals surface area contributed by atoms with E-state index in [4.69, 9.17) is 10.5 Å². The normalized spacial score (nSPS) is 20.6. The first kappa shape index (κ1) is 16.0. The van der Waals surface area contributed by atoms with Crippen molar-refractivity contribution in [1.82, 2.24) is 5.32 Å². The molecule has 0 bridgehead atoms. The number of hydrogen-bond donors (Lipinski definition) is 2. The summed E-state index contributed by atoms with van der Waals surface area (Å²) in [6.07, 6.45) is 4.47.